The second-order valence-electron chi connectivity index (χ2n) is 27.3. The van der Waals surface area contributed by atoms with Gasteiger partial charge in [-0.15, -0.1) is 0 Å². The molecule has 0 saturated carbocycles. The lowest BCUT2D eigenvalue weighted by Crippen LogP contribution is -2.44. The molecule has 0 N–H and O–H groups in total. The smallest absolute Gasteiger partial charge is 0.306 e. The van der Waals surface area contributed by atoms with Crippen molar-refractivity contribution in [3.05, 3.63) is 109 Å². The number of quaternary nitrogens is 1. The molecule has 0 bridgehead atoms. The summed E-state index contributed by atoms with van der Waals surface area (Å²) in [6.07, 6.45) is 101. The van der Waals surface area contributed by atoms with Crippen LogP contribution in [0.5, 0.6) is 0 Å². The van der Waals surface area contributed by atoms with E-state index in [1.807, 2.05) is 21.1 Å². The standard InChI is InChI=1S/C84H147NO8/c1-6-8-10-12-14-16-18-20-22-24-26-28-30-32-34-36-37-38-39-40-41-42-43-44-45-47-49-51-53-55-57-59-61-63-65-67-69-71-73-75-82(87)93-80(79-92-84(83(88)89)90-77-76-85(3,4)5)78-91-81(86)74-72-70-68-66-64-62-60-58-56-54-52-50-48-46-35-33-31-29-27-25-23-21-19-17-15-13-11-9-7-2/h8,10,14,16,19-22,25-28,31-34,37-38,80,84H,6-7,9,11-13,15,17-18,23-24,29-30,35-36,39-79H2,1-5H3/b10-8-,16-14-,21-19-,22-20-,27-25-,28-26-,33-31-,34-32-,38-37-. The number of carbonyl (C=O) groups excluding carboxylic acids is 3. The molecule has 0 aromatic rings. The van der Waals surface area contributed by atoms with E-state index in [0.29, 0.717) is 23.9 Å². The Balaban J connectivity index is 4.02. The van der Waals surface area contributed by atoms with Crippen LogP contribution in [-0.4, -0.2) is 82.3 Å². The third kappa shape index (κ3) is 75.2. The lowest BCUT2D eigenvalue weighted by atomic mass is 10.0. The van der Waals surface area contributed by atoms with Crippen molar-refractivity contribution in [1.29, 1.82) is 0 Å². The molecule has 0 aliphatic heterocycles. The zero-order chi connectivity index (χ0) is 67.5. The van der Waals surface area contributed by atoms with E-state index in [2.05, 4.69) is 123 Å². The predicted molar refractivity (Wildman–Crippen MR) is 398 cm³/mol. The summed E-state index contributed by atoms with van der Waals surface area (Å²) in [5.74, 6) is -2.27. The van der Waals surface area contributed by atoms with E-state index in [9.17, 15) is 19.5 Å². The highest BCUT2D eigenvalue weighted by Crippen LogP contribution is 2.18. The van der Waals surface area contributed by atoms with Gasteiger partial charge in [-0.1, -0.05) is 342 Å². The maximum absolute atomic E-state index is 13.0. The van der Waals surface area contributed by atoms with Crippen molar-refractivity contribution < 1.29 is 42.9 Å². The molecule has 9 heteroatoms. The van der Waals surface area contributed by atoms with Crippen molar-refractivity contribution in [3.63, 3.8) is 0 Å². The molecule has 2 unspecified atom stereocenters. The Morgan fingerprint density at radius 1 is 0.333 bits per heavy atom. The van der Waals surface area contributed by atoms with Gasteiger partial charge in [0.05, 0.1) is 40.3 Å². The summed E-state index contributed by atoms with van der Waals surface area (Å²) in [5, 5.41) is 11.9. The fourth-order valence-electron chi connectivity index (χ4n) is 11.1. The minimum Gasteiger partial charge on any atom is -0.545 e. The molecule has 0 aliphatic carbocycles. The van der Waals surface area contributed by atoms with Crippen LogP contribution in [0.15, 0.2) is 109 Å². The molecule has 0 radical (unpaired) electrons. The molecule has 0 aromatic carbocycles. The Bertz CT molecular complexity index is 1900. The van der Waals surface area contributed by atoms with E-state index in [0.717, 1.165) is 83.5 Å². The highest BCUT2D eigenvalue weighted by atomic mass is 16.7. The first kappa shape index (κ1) is 89.0. The molecular formula is C84H147NO8. The average Bonchev–Trinajstić information content (AvgIpc) is 3.38. The number of unbranched alkanes of at least 4 members (excludes halogenated alkanes) is 39. The van der Waals surface area contributed by atoms with Crippen LogP contribution in [0.4, 0.5) is 0 Å². The van der Waals surface area contributed by atoms with E-state index in [1.165, 1.54) is 231 Å². The van der Waals surface area contributed by atoms with E-state index in [-0.39, 0.29) is 32.2 Å². The number of aliphatic carboxylic acids is 1. The number of hydrogen-bond acceptors (Lipinski definition) is 8. The zero-order valence-corrected chi connectivity index (χ0v) is 61.4. The van der Waals surface area contributed by atoms with Crippen LogP contribution in [-0.2, 0) is 33.3 Å². The summed E-state index contributed by atoms with van der Waals surface area (Å²) >= 11 is 0. The van der Waals surface area contributed by atoms with E-state index in [4.69, 9.17) is 18.9 Å². The summed E-state index contributed by atoms with van der Waals surface area (Å²) in [4.78, 5) is 37.6. The molecule has 0 rings (SSSR count). The molecule has 0 aromatic heterocycles. The van der Waals surface area contributed by atoms with Gasteiger partial charge in [0, 0.05) is 12.8 Å². The number of allylic oxidation sites excluding steroid dienone is 18. The Morgan fingerprint density at radius 3 is 0.914 bits per heavy atom. The number of carbonyl (C=O) groups is 3. The minimum absolute atomic E-state index is 0.146. The van der Waals surface area contributed by atoms with Crippen LogP contribution in [0.2, 0.25) is 0 Å². The van der Waals surface area contributed by atoms with Crippen molar-refractivity contribution in [3.8, 4) is 0 Å². The molecule has 0 aliphatic rings. The fourth-order valence-corrected chi connectivity index (χ4v) is 11.1. The third-order valence-electron chi connectivity index (χ3n) is 17.0. The number of nitrogens with zero attached hydrogens (tertiary/aromatic N) is 1. The second kappa shape index (κ2) is 73.8. The normalized spacial score (nSPS) is 13.3. The highest BCUT2D eigenvalue weighted by molar-refractivity contribution is 5.70. The fraction of sp³-hybridized carbons (Fsp3) is 0.750. The maximum atomic E-state index is 13.0. The summed E-state index contributed by atoms with van der Waals surface area (Å²) < 4.78 is 22.9. The van der Waals surface area contributed by atoms with Crippen molar-refractivity contribution in [2.75, 3.05) is 47.5 Å². The lowest BCUT2D eigenvalue weighted by Gasteiger charge is -2.26. The number of esters is 2. The SMILES string of the molecule is CC/C=C\C/C=C\C/C=C\C/C=C\C/C=C\C/C=C\CCCCCCCCCCCCCCCCCCCCCCC(=O)OC(COC(=O)CCCCCCCCCCCCCCCC/C=C\C/C=C\C/C=C\CCCCCCC)COC(OCC[N+](C)(C)C)C(=O)[O-]. The van der Waals surface area contributed by atoms with Crippen LogP contribution in [0, 0.1) is 0 Å². The number of hydrogen-bond donors (Lipinski definition) is 0. The molecule has 0 amide bonds. The van der Waals surface area contributed by atoms with Crippen molar-refractivity contribution >= 4 is 17.9 Å². The number of carboxylic acid groups (broad SMARTS) is 1. The van der Waals surface area contributed by atoms with Gasteiger partial charge in [-0.05, 0) is 103 Å². The summed E-state index contributed by atoms with van der Waals surface area (Å²) in [5.41, 5.74) is 0. The third-order valence-corrected chi connectivity index (χ3v) is 17.0. The van der Waals surface area contributed by atoms with Crippen LogP contribution in [0.1, 0.15) is 348 Å². The Kier molecular flexibility index (Phi) is 70.5. The summed E-state index contributed by atoms with van der Waals surface area (Å²) in [6.45, 7) is 4.66. The van der Waals surface area contributed by atoms with Gasteiger partial charge in [0.1, 0.15) is 13.2 Å². The van der Waals surface area contributed by atoms with Gasteiger partial charge in [-0.3, -0.25) is 9.59 Å². The zero-order valence-electron chi connectivity index (χ0n) is 61.4. The molecule has 2 atom stereocenters. The predicted octanol–water partition coefficient (Wildman–Crippen LogP) is 23.6. The molecule has 93 heavy (non-hydrogen) atoms. The lowest BCUT2D eigenvalue weighted by molar-refractivity contribution is -0.870. The number of likely N-dealkylation sites (N-methyl/N-ethyl adjacent to an activating group) is 1. The minimum atomic E-state index is -1.63. The van der Waals surface area contributed by atoms with Gasteiger partial charge < -0.3 is 33.3 Å². The summed E-state index contributed by atoms with van der Waals surface area (Å²) in [6, 6.07) is 0. The van der Waals surface area contributed by atoms with Crippen molar-refractivity contribution in [1.82, 2.24) is 0 Å². The first-order valence-electron chi connectivity index (χ1n) is 39.0. The summed E-state index contributed by atoms with van der Waals surface area (Å²) in [7, 11) is 5.94. The van der Waals surface area contributed by atoms with Crippen LogP contribution in [0.3, 0.4) is 0 Å². The molecule has 0 spiro atoms. The second-order valence-corrected chi connectivity index (χ2v) is 27.3. The van der Waals surface area contributed by atoms with E-state index >= 15 is 0 Å². The number of rotatable bonds is 72. The highest BCUT2D eigenvalue weighted by Gasteiger charge is 2.22. The van der Waals surface area contributed by atoms with Crippen LogP contribution >= 0.6 is 0 Å². The van der Waals surface area contributed by atoms with Crippen molar-refractivity contribution in [2.24, 2.45) is 0 Å². The van der Waals surface area contributed by atoms with Gasteiger partial charge in [0.15, 0.2) is 12.4 Å². The Hall–Kier alpha value is -4.05. The van der Waals surface area contributed by atoms with E-state index in [1.54, 1.807) is 0 Å². The molecular weight excluding hydrogens is 1150 g/mol. The first-order valence-corrected chi connectivity index (χ1v) is 39.0. The van der Waals surface area contributed by atoms with Crippen LogP contribution in [0.25, 0.3) is 0 Å². The number of ether oxygens (including phenoxy) is 4. The molecule has 0 saturated heterocycles. The van der Waals surface area contributed by atoms with Gasteiger partial charge in [0.25, 0.3) is 0 Å². The van der Waals surface area contributed by atoms with Crippen molar-refractivity contribution in [2.45, 2.75) is 360 Å². The molecule has 9 nitrogen and oxygen atoms in total. The number of carboxylic acids is 1. The quantitative estimate of drug-likeness (QED) is 0.0195. The molecule has 0 heterocycles. The van der Waals surface area contributed by atoms with Gasteiger partial charge >= 0.3 is 11.9 Å². The monoisotopic (exact) mass is 1300 g/mol. The Morgan fingerprint density at radius 2 is 0.613 bits per heavy atom. The topological polar surface area (TPSA) is 111 Å². The Labute approximate surface area is 575 Å². The van der Waals surface area contributed by atoms with E-state index < -0.39 is 24.3 Å². The average molecular weight is 1300 g/mol. The molecule has 536 valence electrons. The largest absolute Gasteiger partial charge is 0.545 e. The molecule has 0 fully saturated rings. The first-order chi connectivity index (χ1) is 45.6. The van der Waals surface area contributed by atoms with Crippen LogP contribution < -0.4 is 5.11 Å². The van der Waals surface area contributed by atoms with Gasteiger partial charge in [0.2, 0.25) is 0 Å². The maximum Gasteiger partial charge on any atom is 0.306 e. The van der Waals surface area contributed by atoms with Gasteiger partial charge in [-0.2, -0.15) is 0 Å². The van der Waals surface area contributed by atoms with Gasteiger partial charge in [-0.25, -0.2) is 0 Å².